The highest BCUT2D eigenvalue weighted by Gasteiger charge is 2.23. The molecule has 0 bridgehead atoms. The van der Waals surface area contributed by atoms with Crippen molar-refractivity contribution >= 4 is 29.2 Å². The number of amides is 3. The molecule has 0 spiro atoms. The third-order valence-electron chi connectivity index (χ3n) is 2.41. The molecular formula is C11H16N4O4S. The van der Waals surface area contributed by atoms with Crippen LogP contribution in [-0.2, 0) is 16.1 Å². The number of primary amides is 1. The summed E-state index contributed by atoms with van der Waals surface area (Å²) in [4.78, 5) is 39.0. The Hall–Kier alpha value is -2.16. The molecule has 8 nitrogen and oxygen atoms in total. The maximum absolute atomic E-state index is 11.8. The third kappa shape index (κ3) is 4.84. The zero-order valence-corrected chi connectivity index (χ0v) is 11.9. The van der Waals surface area contributed by atoms with Crippen molar-refractivity contribution in [1.82, 2.24) is 15.2 Å². The molecule has 0 aromatic carbocycles. The number of nitrogens with zero attached hydrogens (tertiary/aromatic N) is 2. The minimum Gasteiger partial charge on any atom is -0.480 e. The Morgan fingerprint density at radius 3 is 2.65 bits per heavy atom. The van der Waals surface area contributed by atoms with E-state index in [1.165, 1.54) is 23.3 Å². The summed E-state index contributed by atoms with van der Waals surface area (Å²) in [6, 6.07) is -1.94. The van der Waals surface area contributed by atoms with Crippen LogP contribution in [0.1, 0.15) is 17.1 Å². The number of hydrogen-bond acceptors (Lipinski definition) is 5. The molecule has 0 fully saturated rings. The van der Waals surface area contributed by atoms with Crippen LogP contribution in [0.4, 0.5) is 4.79 Å². The Morgan fingerprint density at radius 2 is 2.20 bits per heavy atom. The molecule has 0 radical (unpaired) electrons. The number of carbonyl (C=O) groups is 3. The lowest BCUT2D eigenvalue weighted by molar-refractivity contribution is -0.140. The number of carbonyl (C=O) groups excluding carboxylic acids is 2. The predicted molar refractivity (Wildman–Crippen MR) is 72.1 cm³/mol. The van der Waals surface area contributed by atoms with Gasteiger partial charge in [-0.2, -0.15) is 0 Å². The van der Waals surface area contributed by atoms with E-state index in [0.29, 0.717) is 5.69 Å². The second-order valence-electron chi connectivity index (χ2n) is 4.22. The van der Waals surface area contributed by atoms with E-state index in [-0.39, 0.29) is 6.54 Å². The van der Waals surface area contributed by atoms with Crippen molar-refractivity contribution in [1.29, 1.82) is 0 Å². The summed E-state index contributed by atoms with van der Waals surface area (Å²) < 4.78 is 0. The highest BCUT2D eigenvalue weighted by molar-refractivity contribution is 7.09. The van der Waals surface area contributed by atoms with Crippen LogP contribution in [0, 0.1) is 6.92 Å². The van der Waals surface area contributed by atoms with Crippen LogP contribution in [0.5, 0.6) is 0 Å². The molecule has 1 heterocycles. The number of aliphatic carboxylic acids is 1. The van der Waals surface area contributed by atoms with Gasteiger partial charge in [-0.25, -0.2) is 14.6 Å². The van der Waals surface area contributed by atoms with Gasteiger partial charge in [0.15, 0.2) is 0 Å². The van der Waals surface area contributed by atoms with E-state index >= 15 is 0 Å². The number of nitrogens with one attached hydrogen (secondary N) is 1. The molecule has 0 saturated heterocycles. The van der Waals surface area contributed by atoms with Gasteiger partial charge in [0.2, 0.25) is 5.91 Å². The van der Waals surface area contributed by atoms with Gasteiger partial charge < -0.3 is 21.1 Å². The fourth-order valence-corrected chi connectivity index (χ4v) is 2.06. The summed E-state index contributed by atoms with van der Waals surface area (Å²) in [6.07, 6.45) is -0.454. The highest BCUT2D eigenvalue weighted by Crippen LogP contribution is 2.09. The SMILES string of the molecule is Cc1nc(CN(C)C(=O)NC(CC(N)=O)C(=O)O)cs1. The van der Waals surface area contributed by atoms with E-state index in [0.717, 1.165) is 5.01 Å². The maximum Gasteiger partial charge on any atom is 0.326 e. The lowest BCUT2D eigenvalue weighted by atomic mass is 10.2. The molecule has 4 N–H and O–H groups in total. The van der Waals surface area contributed by atoms with Gasteiger partial charge in [0, 0.05) is 12.4 Å². The lowest BCUT2D eigenvalue weighted by Gasteiger charge is -2.20. The average Bonchev–Trinajstić information content (AvgIpc) is 2.72. The molecule has 110 valence electrons. The zero-order valence-electron chi connectivity index (χ0n) is 11.1. The largest absolute Gasteiger partial charge is 0.480 e. The van der Waals surface area contributed by atoms with Gasteiger partial charge in [0.05, 0.1) is 23.7 Å². The summed E-state index contributed by atoms with van der Waals surface area (Å²) in [7, 11) is 1.51. The molecule has 3 amide bonds. The van der Waals surface area contributed by atoms with Gasteiger partial charge in [0.1, 0.15) is 6.04 Å². The second kappa shape index (κ2) is 6.85. The third-order valence-corrected chi connectivity index (χ3v) is 3.24. The average molecular weight is 300 g/mol. The van der Waals surface area contributed by atoms with Crippen LogP contribution in [0.2, 0.25) is 0 Å². The molecule has 0 saturated carbocycles. The first-order chi connectivity index (χ1) is 9.29. The molecule has 1 aromatic rings. The van der Waals surface area contributed by atoms with Crippen LogP contribution >= 0.6 is 11.3 Å². The van der Waals surface area contributed by atoms with E-state index in [2.05, 4.69) is 10.3 Å². The smallest absolute Gasteiger partial charge is 0.326 e. The first kappa shape index (κ1) is 15.9. The Kier molecular flexibility index (Phi) is 5.44. The van der Waals surface area contributed by atoms with E-state index in [1.54, 1.807) is 0 Å². The normalized spacial score (nSPS) is 11.7. The number of carboxylic acid groups (broad SMARTS) is 1. The van der Waals surface area contributed by atoms with Gasteiger partial charge in [-0.05, 0) is 6.92 Å². The van der Waals surface area contributed by atoms with Crippen LogP contribution in [0.3, 0.4) is 0 Å². The van der Waals surface area contributed by atoms with E-state index < -0.39 is 30.4 Å². The highest BCUT2D eigenvalue weighted by atomic mass is 32.1. The molecule has 1 atom stereocenters. The number of nitrogens with two attached hydrogens (primary N) is 1. The van der Waals surface area contributed by atoms with Crippen molar-refractivity contribution in [3.63, 3.8) is 0 Å². The molecule has 1 rings (SSSR count). The van der Waals surface area contributed by atoms with Crippen LogP contribution < -0.4 is 11.1 Å². The molecule has 20 heavy (non-hydrogen) atoms. The molecule has 1 aromatic heterocycles. The number of hydrogen-bond donors (Lipinski definition) is 3. The predicted octanol–water partition coefficient (Wildman–Crippen LogP) is -0.0785. The summed E-state index contributed by atoms with van der Waals surface area (Å²) in [6.45, 7) is 2.10. The van der Waals surface area contributed by atoms with Crippen molar-refractivity contribution in [3.05, 3.63) is 16.1 Å². The molecule has 0 aliphatic carbocycles. The van der Waals surface area contributed by atoms with Gasteiger partial charge in [-0.15, -0.1) is 11.3 Å². The maximum atomic E-state index is 11.8. The van der Waals surface area contributed by atoms with Crippen molar-refractivity contribution in [2.45, 2.75) is 25.9 Å². The number of rotatable bonds is 6. The monoisotopic (exact) mass is 300 g/mol. The topological polar surface area (TPSA) is 126 Å². The van der Waals surface area contributed by atoms with Crippen LogP contribution in [0.25, 0.3) is 0 Å². The number of urea groups is 1. The number of thiazole rings is 1. The summed E-state index contributed by atoms with van der Waals surface area (Å²) >= 11 is 1.46. The van der Waals surface area contributed by atoms with E-state index in [4.69, 9.17) is 10.8 Å². The Morgan fingerprint density at radius 1 is 1.55 bits per heavy atom. The van der Waals surface area contributed by atoms with Gasteiger partial charge in [0.25, 0.3) is 0 Å². The van der Waals surface area contributed by atoms with E-state index in [9.17, 15) is 14.4 Å². The lowest BCUT2D eigenvalue weighted by Crippen LogP contribution is -2.48. The number of aryl methyl sites for hydroxylation is 1. The Labute approximate surface area is 119 Å². The minimum atomic E-state index is -1.33. The van der Waals surface area contributed by atoms with Crippen molar-refractivity contribution < 1.29 is 19.5 Å². The first-order valence-corrected chi connectivity index (χ1v) is 6.61. The molecule has 9 heteroatoms. The minimum absolute atomic E-state index is 0.249. The quantitative estimate of drug-likeness (QED) is 0.677. The van der Waals surface area contributed by atoms with Gasteiger partial charge in [-0.3, -0.25) is 4.79 Å². The van der Waals surface area contributed by atoms with Crippen molar-refractivity contribution in [2.24, 2.45) is 5.73 Å². The van der Waals surface area contributed by atoms with Crippen LogP contribution in [-0.4, -0.2) is 46.0 Å². The molecule has 1 unspecified atom stereocenters. The van der Waals surface area contributed by atoms with Gasteiger partial charge in [-0.1, -0.05) is 0 Å². The fraction of sp³-hybridized carbons (Fsp3) is 0.455. The number of aromatic nitrogens is 1. The molecular weight excluding hydrogens is 284 g/mol. The zero-order chi connectivity index (χ0) is 15.3. The fourth-order valence-electron chi connectivity index (χ4n) is 1.46. The second-order valence-corrected chi connectivity index (χ2v) is 5.29. The molecule has 0 aliphatic heterocycles. The summed E-state index contributed by atoms with van der Waals surface area (Å²) in [5.41, 5.74) is 5.65. The van der Waals surface area contributed by atoms with Crippen LogP contribution in [0.15, 0.2) is 5.38 Å². The van der Waals surface area contributed by atoms with Gasteiger partial charge >= 0.3 is 12.0 Å². The van der Waals surface area contributed by atoms with E-state index in [1.807, 2.05) is 12.3 Å². The first-order valence-electron chi connectivity index (χ1n) is 5.73. The Bertz CT molecular complexity index is 516. The molecule has 0 aliphatic rings. The number of carboxylic acids is 1. The summed E-state index contributed by atoms with van der Waals surface area (Å²) in [5.74, 6) is -2.11. The standard InChI is InChI=1S/C11H16N4O4S/c1-6-13-7(5-20-6)4-15(2)11(19)14-8(10(17)18)3-9(12)16/h5,8H,3-4H2,1-2H3,(H2,12,16)(H,14,19)(H,17,18). The summed E-state index contributed by atoms with van der Waals surface area (Å²) in [5, 5.41) is 13.8. The van der Waals surface area contributed by atoms with Crippen molar-refractivity contribution in [2.75, 3.05) is 7.05 Å². The Balaban J connectivity index is 2.59. The van der Waals surface area contributed by atoms with Crippen molar-refractivity contribution in [3.8, 4) is 0 Å².